The van der Waals surface area contributed by atoms with E-state index in [1.54, 1.807) is 29.4 Å². The van der Waals surface area contributed by atoms with Crippen molar-refractivity contribution >= 4 is 10.0 Å². The van der Waals surface area contributed by atoms with E-state index in [4.69, 9.17) is 0 Å². The van der Waals surface area contributed by atoms with E-state index in [0.29, 0.717) is 22.6 Å². The van der Waals surface area contributed by atoms with Crippen LogP contribution in [-0.4, -0.2) is 30.4 Å². The van der Waals surface area contributed by atoms with Crippen LogP contribution in [-0.2, 0) is 16.6 Å². The van der Waals surface area contributed by atoms with Crippen LogP contribution >= 0.6 is 0 Å². The minimum absolute atomic E-state index is 0.0796. The first-order chi connectivity index (χ1) is 9.84. The predicted octanol–water partition coefficient (Wildman–Crippen LogP) is 3.08. The molecular formula is C16H27NO3S. The first-order valence-corrected chi connectivity index (χ1v) is 9.00. The second kappa shape index (κ2) is 7.92. The fourth-order valence-corrected chi connectivity index (χ4v) is 4.27. The van der Waals surface area contributed by atoms with Gasteiger partial charge in [0.25, 0.3) is 0 Å². The quantitative estimate of drug-likeness (QED) is 0.750. The molecule has 0 aliphatic carbocycles. The van der Waals surface area contributed by atoms with Crippen molar-refractivity contribution in [1.82, 2.24) is 4.31 Å². The Morgan fingerprint density at radius 1 is 1.24 bits per heavy atom. The van der Waals surface area contributed by atoms with Gasteiger partial charge in [-0.25, -0.2) is 8.42 Å². The zero-order valence-corrected chi connectivity index (χ0v) is 14.3. The van der Waals surface area contributed by atoms with Gasteiger partial charge < -0.3 is 5.11 Å². The molecule has 120 valence electrons. The van der Waals surface area contributed by atoms with Crippen molar-refractivity contribution in [2.75, 3.05) is 6.54 Å². The first-order valence-electron chi connectivity index (χ1n) is 7.56. The molecule has 0 aromatic heterocycles. The number of aryl methyl sites for hydroxylation is 1. The normalized spacial score (nSPS) is 12.3. The Morgan fingerprint density at radius 3 is 2.43 bits per heavy atom. The van der Waals surface area contributed by atoms with Crippen molar-refractivity contribution in [3.05, 3.63) is 29.3 Å². The molecule has 0 aliphatic heterocycles. The van der Waals surface area contributed by atoms with Gasteiger partial charge in [-0.05, 0) is 44.4 Å². The molecule has 0 bridgehead atoms. The number of benzene rings is 1. The van der Waals surface area contributed by atoms with E-state index in [9.17, 15) is 13.5 Å². The molecule has 0 atom stereocenters. The summed E-state index contributed by atoms with van der Waals surface area (Å²) in [6.07, 6.45) is 2.95. The lowest BCUT2D eigenvalue weighted by Gasteiger charge is -2.27. The van der Waals surface area contributed by atoms with Crippen molar-refractivity contribution < 1.29 is 13.5 Å². The van der Waals surface area contributed by atoms with Crippen LogP contribution in [0.25, 0.3) is 0 Å². The molecule has 1 aromatic rings. The van der Waals surface area contributed by atoms with Gasteiger partial charge in [-0.2, -0.15) is 4.31 Å². The average molecular weight is 313 g/mol. The highest BCUT2D eigenvalue weighted by molar-refractivity contribution is 7.89. The number of aliphatic hydroxyl groups excluding tert-OH is 1. The van der Waals surface area contributed by atoms with Crippen LogP contribution in [0.1, 0.15) is 51.2 Å². The molecule has 21 heavy (non-hydrogen) atoms. The van der Waals surface area contributed by atoms with E-state index in [1.165, 1.54) is 0 Å². The van der Waals surface area contributed by atoms with E-state index in [0.717, 1.165) is 19.3 Å². The summed E-state index contributed by atoms with van der Waals surface area (Å²) in [5.41, 5.74) is 1.34. The maximum Gasteiger partial charge on any atom is 0.243 e. The van der Waals surface area contributed by atoms with Crippen LogP contribution in [0.3, 0.4) is 0 Å². The van der Waals surface area contributed by atoms with E-state index in [-0.39, 0.29) is 12.6 Å². The molecule has 1 N–H and O–H groups in total. The third kappa shape index (κ3) is 4.53. The van der Waals surface area contributed by atoms with Crippen molar-refractivity contribution in [1.29, 1.82) is 0 Å². The van der Waals surface area contributed by atoms with Gasteiger partial charge >= 0.3 is 0 Å². The predicted molar refractivity (Wildman–Crippen MR) is 85.7 cm³/mol. The van der Waals surface area contributed by atoms with Crippen LogP contribution < -0.4 is 0 Å². The van der Waals surface area contributed by atoms with Gasteiger partial charge in [-0.15, -0.1) is 0 Å². The summed E-state index contributed by atoms with van der Waals surface area (Å²) in [7, 11) is -3.52. The zero-order valence-electron chi connectivity index (χ0n) is 13.5. The molecule has 0 fully saturated rings. The van der Waals surface area contributed by atoms with Crippen molar-refractivity contribution in [2.24, 2.45) is 0 Å². The summed E-state index contributed by atoms with van der Waals surface area (Å²) in [6.45, 7) is 8.07. The minimum Gasteiger partial charge on any atom is -0.392 e. The number of unbranched alkanes of at least 4 members (excludes halogenated alkanes) is 2. The third-order valence-corrected chi connectivity index (χ3v) is 5.80. The van der Waals surface area contributed by atoms with Crippen LogP contribution in [0.15, 0.2) is 23.1 Å². The largest absolute Gasteiger partial charge is 0.392 e. The van der Waals surface area contributed by atoms with Gasteiger partial charge in [-0.3, -0.25) is 0 Å². The Balaban J connectivity index is 3.16. The lowest BCUT2D eigenvalue weighted by Crippen LogP contribution is -2.38. The molecule has 5 heteroatoms. The summed E-state index contributed by atoms with van der Waals surface area (Å²) in [5.74, 6) is 0. The number of hydrogen-bond acceptors (Lipinski definition) is 3. The number of rotatable bonds is 8. The standard InChI is InChI=1S/C16H27NO3S/c1-5-6-7-10-17(13(2)3)21(19,20)16-11-15(12-18)9-8-14(16)4/h8-9,11,13,18H,5-7,10,12H2,1-4H3. The Hall–Kier alpha value is -0.910. The summed E-state index contributed by atoms with van der Waals surface area (Å²) >= 11 is 0. The molecule has 0 amide bonds. The summed E-state index contributed by atoms with van der Waals surface area (Å²) < 4.78 is 27.4. The fraction of sp³-hybridized carbons (Fsp3) is 0.625. The zero-order chi connectivity index (χ0) is 16.0. The molecule has 0 radical (unpaired) electrons. The maximum atomic E-state index is 12.9. The minimum atomic E-state index is -3.52. The Kier molecular flexibility index (Phi) is 6.84. The van der Waals surface area contributed by atoms with Crippen molar-refractivity contribution in [3.63, 3.8) is 0 Å². The summed E-state index contributed by atoms with van der Waals surface area (Å²) in [5, 5.41) is 9.23. The Bertz CT molecular complexity index is 553. The highest BCUT2D eigenvalue weighted by atomic mass is 32.2. The Labute approximate surface area is 128 Å². The highest BCUT2D eigenvalue weighted by Crippen LogP contribution is 2.23. The number of sulfonamides is 1. The lowest BCUT2D eigenvalue weighted by atomic mass is 10.2. The molecule has 0 unspecified atom stereocenters. The smallest absolute Gasteiger partial charge is 0.243 e. The van der Waals surface area contributed by atoms with Gasteiger partial charge in [0.05, 0.1) is 11.5 Å². The van der Waals surface area contributed by atoms with Gasteiger partial charge in [0.15, 0.2) is 0 Å². The fourth-order valence-electron chi connectivity index (χ4n) is 2.32. The van der Waals surface area contributed by atoms with Gasteiger partial charge in [0, 0.05) is 12.6 Å². The SMILES string of the molecule is CCCCCN(C(C)C)S(=O)(=O)c1cc(CO)ccc1C. The Morgan fingerprint density at radius 2 is 1.90 bits per heavy atom. The lowest BCUT2D eigenvalue weighted by molar-refractivity contribution is 0.281. The molecule has 1 rings (SSSR count). The van der Waals surface area contributed by atoms with Gasteiger partial charge in [-0.1, -0.05) is 31.9 Å². The van der Waals surface area contributed by atoms with Gasteiger partial charge in [0.2, 0.25) is 10.0 Å². The van der Waals surface area contributed by atoms with E-state index < -0.39 is 10.0 Å². The monoisotopic (exact) mass is 313 g/mol. The molecule has 0 spiro atoms. The molecule has 0 aliphatic rings. The molecular weight excluding hydrogens is 286 g/mol. The topological polar surface area (TPSA) is 57.6 Å². The molecule has 0 saturated carbocycles. The first kappa shape index (κ1) is 18.1. The second-order valence-corrected chi connectivity index (χ2v) is 7.53. The van der Waals surface area contributed by atoms with Gasteiger partial charge in [0.1, 0.15) is 0 Å². The highest BCUT2D eigenvalue weighted by Gasteiger charge is 2.28. The third-order valence-electron chi connectivity index (χ3n) is 3.58. The van der Waals surface area contributed by atoms with Crippen LogP contribution in [0.2, 0.25) is 0 Å². The van der Waals surface area contributed by atoms with Crippen LogP contribution in [0.5, 0.6) is 0 Å². The van der Waals surface area contributed by atoms with Crippen molar-refractivity contribution in [2.45, 2.75) is 64.5 Å². The molecule has 0 saturated heterocycles. The second-order valence-electron chi connectivity index (χ2n) is 5.67. The van der Waals surface area contributed by atoms with Crippen molar-refractivity contribution in [3.8, 4) is 0 Å². The number of nitrogens with zero attached hydrogens (tertiary/aromatic N) is 1. The molecule has 0 heterocycles. The number of aliphatic hydroxyl groups is 1. The van der Waals surface area contributed by atoms with E-state index in [1.807, 2.05) is 13.8 Å². The van der Waals surface area contributed by atoms with Crippen LogP contribution in [0, 0.1) is 6.92 Å². The van der Waals surface area contributed by atoms with E-state index in [2.05, 4.69) is 6.92 Å². The average Bonchev–Trinajstić information content (AvgIpc) is 2.43. The van der Waals surface area contributed by atoms with E-state index >= 15 is 0 Å². The van der Waals surface area contributed by atoms with Crippen LogP contribution in [0.4, 0.5) is 0 Å². The summed E-state index contributed by atoms with van der Waals surface area (Å²) in [4.78, 5) is 0.305. The summed E-state index contributed by atoms with van der Waals surface area (Å²) in [6, 6.07) is 5.01. The molecule has 4 nitrogen and oxygen atoms in total. The molecule has 1 aromatic carbocycles. The number of hydrogen-bond donors (Lipinski definition) is 1. The maximum absolute atomic E-state index is 12.9.